The van der Waals surface area contributed by atoms with Crippen molar-refractivity contribution in [3.63, 3.8) is 0 Å². The molecule has 0 aromatic heterocycles. The van der Waals surface area contributed by atoms with Gasteiger partial charge in [-0.05, 0) is 6.07 Å². The first-order valence-corrected chi connectivity index (χ1v) is 4.35. The lowest BCUT2D eigenvalue weighted by atomic mass is 10.0. The average Bonchev–Trinajstić information content (AvgIpc) is 2.56. The van der Waals surface area contributed by atoms with Crippen LogP contribution < -0.4 is 0 Å². The van der Waals surface area contributed by atoms with Crippen LogP contribution in [0.15, 0.2) is 46.5 Å². The van der Waals surface area contributed by atoms with Crippen LogP contribution >= 0.6 is 0 Å². The highest BCUT2D eigenvalue weighted by Crippen LogP contribution is 2.28. The van der Waals surface area contributed by atoms with Crippen LogP contribution in [0.2, 0.25) is 0 Å². The van der Waals surface area contributed by atoms with Crippen molar-refractivity contribution in [2.75, 3.05) is 0 Å². The zero-order valence-electron chi connectivity index (χ0n) is 7.07. The van der Waals surface area contributed by atoms with Crippen molar-refractivity contribution in [1.29, 1.82) is 0 Å². The van der Waals surface area contributed by atoms with Gasteiger partial charge in [0.25, 0.3) is 0 Å². The number of aliphatic imine (C=N–C) groups is 2. The predicted molar refractivity (Wildman–Crippen MR) is 53.8 cm³/mol. The molecule has 1 aromatic carbocycles. The van der Waals surface area contributed by atoms with E-state index in [4.69, 9.17) is 0 Å². The van der Waals surface area contributed by atoms with Gasteiger partial charge in [-0.1, -0.05) is 24.3 Å². The van der Waals surface area contributed by atoms with E-state index in [1.54, 1.807) is 0 Å². The Morgan fingerprint density at radius 2 is 2.08 bits per heavy atom. The molecule has 0 amide bonds. The van der Waals surface area contributed by atoms with Gasteiger partial charge in [0.2, 0.25) is 0 Å². The van der Waals surface area contributed by atoms with Gasteiger partial charge >= 0.3 is 0 Å². The van der Waals surface area contributed by atoms with Gasteiger partial charge in [-0.2, -0.15) is 0 Å². The van der Waals surface area contributed by atoms with E-state index in [-0.39, 0.29) is 0 Å². The van der Waals surface area contributed by atoms with Crippen LogP contribution in [-0.4, -0.2) is 11.4 Å². The van der Waals surface area contributed by atoms with Crippen molar-refractivity contribution >= 4 is 17.1 Å². The van der Waals surface area contributed by atoms with Gasteiger partial charge in [0.1, 0.15) is 0 Å². The van der Waals surface area contributed by atoms with Gasteiger partial charge in [0, 0.05) is 18.2 Å². The van der Waals surface area contributed by atoms with E-state index in [1.165, 1.54) is 5.56 Å². The Morgan fingerprint density at radius 3 is 3.08 bits per heavy atom. The lowest BCUT2D eigenvalue weighted by molar-refractivity contribution is 1.39. The summed E-state index contributed by atoms with van der Waals surface area (Å²) in [6.07, 6.45) is 4.80. The molecule has 62 valence electrons. The van der Waals surface area contributed by atoms with Crippen LogP contribution in [0.3, 0.4) is 0 Å². The molecular formula is C11H8N2. The molecule has 0 bridgehead atoms. The molecule has 2 aliphatic rings. The molecule has 0 unspecified atom stereocenters. The monoisotopic (exact) mass is 168 g/mol. The Bertz CT molecular complexity index is 453. The summed E-state index contributed by atoms with van der Waals surface area (Å²) in [5.41, 5.74) is 4.38. The highest BCUT2D eigenvalue weighted by Gasteiger charge is 2.21. The van der Waals surface area contributed by atoms with Gasteiger partial charge in [0.15, 0.2) is 0 Å². The zero-order valence-corrected chi connectivity index (χ0v) is 7.07. The number of para-hydroxylation sites is 1. The van der Waals surface area contributed by atoms with Crippen LogP contribution in [-0.2, 0) is 0 Å². The highest BCUT2D eigenvalue weighted by molar-refractivity contribution is 6.52. The van der Waals surface area contributed by atoms with E-state index in [0.29, 0.717) is 0 Å². The molecule has 0 fully saturated rings. The smallest absolute Gasteiger partial charge is 0.0941 e. The van der Waals surface area contributed by atoms with Gasteiger partial charge in [-0.3, -0.25) is 9.98 Å². The molecule has 2 heterocycles. The molecule has 0 N–H and O–H groups in total. The molecule has 0 saturated carbocycles. The summed E-state index contributed by atoms with van der Waals surface area (Å²) in [6.45, 7) is 0. The van der Waals surface area contributed by atoms with Crippen LogP contribution in [0.4, 0.5) is 5.69 Å². The van der Waals surface area contributed by atoms with Crippen molar-refractivity contribution in [1.82, 2.24) is 0 Å². The quantitative estimate of drug-likeness (QED) is 0.568. The van der Waals surface area contributed by atoms with Gasteiger partial charge in [0.05, 0.1) is 17.1 Å². The second kappa shape index (κ2) is 2.39. The maximum atomic E-state index is 4.51. The molecule has 0 atom stereocenters. The molecular weight excluding hydrogens is 160 g/mol. The minimum Gasteiger partial charge on any atom is -0.255 e. The van der Waals surface area contributed by atoms with Crippen molar-refractivity contribution in [2.24, 2.45) is 9.98 Å². The number of benzene rings is 1. The van der Waals surface area contributed by atoms with E-state index < -0.39 is 0 Å². The summed E-state index contributed by atoms with van der Waals surface area (Å²) in [5, 5.41) is 0. The molecule has 0 radical (unpaired) electrons. The molecule has 0 spiro atoms. The van der Waals surface area contributed by atoms with Crippen LogP contribution in [0.25, 0.3) is 0 Å². The van der Waals surface area contributed by atoms with E-state index in [0.717, 1.165) is 23.5 Å². The van der Waals surface area contributed by atoms with Crippen molar-refractivity contribution in [3.05, 3.63) is 42.1 Å². The van der Waals surface area contributed by atoms with Crippen LogP contribution in [0.5, 0.6) is 0 Å². The summed E-state index contributed by atoms with van der Waals surface area (Å²) in [4.78, 5) is 8.85. The number of allylic oxidation sites excluding steroid dienone is 1. The molecule has 3 rings (SSSR count). The first-order chi connectivity index (χ1) is 6.45. The number of hydrogen-bond donors (Lipinski definition) is 0. The van der Waals surface area contributed by atoms with E-state index in [2.05, 4.69) is 16.1 Å². The average molecular weight is 168 g/mol. The fraction of sp³-hybridized carbons (Fsp3) is 0.0909. The number of nitrogens with zero attached hydrogens (tertiary/aromatic N) is 2. The third-order valence-corrected chi connectivity index (χ3v) is 2.31. The SMILES string of the molecule is C1=CN=C2C(=Nc3ccccc32)C1. The summed E-state index contributed by atoms with van der Waals surface area (Å²) in [7, 11) is 0. The number of hydrogen-bond acceptors (Lipinski definition) is 2. The minimum absolute atomic E-state index is 0.910. The van der Waals surface area contributed by atoms with Gasteiger partial charge in [-0.25, -0.2) is 0 Å². The molecule has 0 saturated heterocycles. The fourth-order valence-electron chi connectivity index (χ4n) is 1.70. The number of fused-ring (bicyclic) bond motifs is 3. The maximum absolute atomic E-state index is 4.51. The Balaban J connectivity index is 2.26. The third kappa shape index (κ3) is 0.886. The largest absolute Gasteiger partial charge is 0.255 e. The molecule has 0 aliphatic carbocycles. The second-order valence-corrected chi connectivity index (χ2v) is 3.14. The second-order valence-electron chi connectivity index (χ2n) is 3.14. The first-order valence-electron chi connectivity index (χ1n) is 4.35. The van der Waals surface area contributed by atoms with E-state index >= 15 is 0 Å². The first kappa shape index (κ1) is 6.78. The normalized spacial score (nSPS) is 17.5. The summed E-state index contributed by atoms with van der Waals surface area (Å²) in [6, 6.07) is 8.14. The Labute approximate surface area is 76.3 Å². The predicted octanol–water partition coefficient (Wildman–Crippen LogP) is 2.48. The lowest BCUT2D eigenvalue weighted by Gasteiger charge is -2.03. The standard InChI is InChI=1S/C11H8N2/c1-2-5-9-8(4-1)11-10(13-9)6-3-7-12-11/h1-5,7H,6H2. The Kier molecular flexibility index (Phi) is 1.25. The zero-order chi connectivity index (χ0) is 8.67. The van der Waals surface area contributed by atoms with Gasteiger partial charge < -0.3 is 0 Å². The molecule has 2 nitrogen and oxygen atoms in total. The minimum atomic E-state index is 0.910. The topological polar surface area (TPSA) is 24.7 Å². The third-order valence-electron chi connectivity index (χ3n) is 2.31. The number of rotatable bonds is 0. The summed E-state index contributed by atoms with van der Waals surface area (Å²) in [5.74, 6) is 0. The van der Waals surface area contributed by atoms with Crippen molar-refractivity contribution < 1.29 is 0 Å². The van der Waals surface area contributed by atoms with Gasteiger partial charge in [-0.15, -0.1) is 0 Å². The van der Waals surface area contributed by atoms with Crippen molar-refractivity contribution in [2.45, 2.75) is 6.42 Å². The van der Waals surface area contributed by atoms with E-state index in [9.17, 15) is 0 Å². The van der Waals surface area contributed by atoms with E-state index in [1.807, 2.05) is 30.5 Å². The molecule has 13 heavy (non-hydrogen) atoms. The van der Waals surface area contributed by atoms with Crippen LogP contribution in [0, 0.1) is 0 Å². The van der Waals surface area contributed by atoms with Crippen LogP contribution in [0.1, 0.15) is 12.0 Å². The summed E-state index contributed by atoms with van der Waals surface area (Å²) < 4.78 is 0. The lowest BCUT2D eigenvalue weighted by Crippen LogP contribution is -2.11. The molecule has 2 heteroatoms. The maximum Gasteiger partial charge on any atom is 0.0941 e. The Morgan fingerprint density at radius 1 is 1.15 bits per heavy atom. The fourth-order valence-corrected chi connectivity index (χ4v) is 1.70. The molecule has 2 aliphatic heterocycles. The van der Waals surface area contributed by atoms with Crippen molar-refractivity contribution in [3.8, 4) is 0 Å². The highest BCUT2D eigenvalue weighted by atomic mass is 14.9. The molecule has 1 aromatic rings. The Hall–Kier alpha value is -1.70. The summed E-state index contributed by atoms with van der Waals surface area (Å²) >= 11 is 0.